The Hall–Kier alpha value is -2.43. The van der Waals surface area contributed by atoms with Crippen molar-refractivity contribution in [3.63, 3.8) is 0 Å². The molecule has 0 aliphatic carbocycles. The molecule has 94 valence electrons. The Balaban J connectivity index is 2.02. The molecule has 0 fully saturated rings. The van der Waals surface area contributed by atoms with Crippen molar-refractivity contribution in [2.45, 2.75) is 0 Å². The highest BCUT2D eigenvalue weighted by Crippen LogP contribution is 2.17. The summed E-state index contributed by atoms with van der Waals surface area (Å²) in [5.74, 6) is 3.30. The molecule has 0 saturated heterocycles. The van der Waals surface area contributed by atoms with E-state index in [1.54, 1.807) is 0 Å². The van der Waals surface area contributed by atoms with Crippen molar-refractivity contribution >= 4 is 8.40 Å². The quantitative estimate of drug-likeness (QED) is 0.458. The molecule has 1 aromatic heterocycles. The minimum absolute atomic E-state index is 0.948. The Morgan fingerprint density at radius 2 is 1.30 bits per heavy atom. The zero-order valence-electron chi connectivity index (χ0n) is 11.1. The van der Waals surface area contributed by atoms with Crippen molar-refractivity contribution < 1.29 is 0 Å². The van der Waals surface area contributed by atoms with Gasteiger partial charge in [-0.1, -0.05) is 83.9 Å². The van der Waals surface area contributed by atoms with Crippen molar-refractivity contribution in [3.8, 4) is 22.2 Å². The maximum atomic E-state index is 3.46. The van der Waals surface area contributed by atoms with Gasteiger partial charge in [0.1, 0.15) is 8.40 Å². The summed E-state index contributed by atoms with van der Waals surface area (Å²) in [5.41, 5.74) is 8.08. The minimum Gasteiger partial charge on any atom is -0.0975 e. The van der Waals surface area contributed by atoms with Gasteiger partial charge in [0, 0.05) is 5.56 Å². The van der Waals surface area contributed by atoms with Crippen LogP contribution in [0.1, 0.15) is 5.56 Å². The van der Waals surface area contributed by atoms with E-state index in [4.69, 9.17) is 0 Å². The smallest absolute Gasteiger partial charge is 0.0975 e. The Kier molecular flexibility index (Phi) is 3.87. The fourth-order valence-corrected chi connectivity index (χ4v) is 3.86. The van der Waals surface area contributed by atoms with Crippen LogP contribution in [0.5, 0.6) is 0 Å². The maximum absolute atomic E-state index is 3.46. The Morgan fingerprint density at radius 1 is 0.650 bits per heavy atom. The van der Waals surface area contributed by atoms with Gasteiger partial charge in [-0.2, -0.15) is 0 Å². The van der Waals surface area contributed by atoms with Crippen LogP contribution in [-0.2, 0) is 0 Å². The number of benzene rings is 2. The van der Waals surface area contributed by atoms with Gasteiger partial charge in [-0.15, -0.1) is 0 Å². The standard InChI is InChI=1S/C19H14Si/c1-3-9-17(10-4-1)14-16-20-15-8-7-13-19(20)18-11-5-2-6-12-18/h1-13,15H. The van der Waals surface area contributed by atoms with E-state index in [0.717, 1.165) is 5.56 Å². The summed E-state index contributed by atoms with van der Waals surface area (Å²) in [6, 6.07) is 27.1. The maximum Gasteiger partial charge on any atom is 0.139 e. The second-order valence-electron chi connectivity index (χ2n) is 4.53. The lowest BCUT2D eigenvalue weighted by Crippen LogP contribution is -1.97. The first-order valence-corrected chi connectivity index (χ1v) is 8.23. The van der Waals surface area contributed by atoms with Gasteiger partial charge in [0.05, 0.1) is 0 Å². The van der Waals surface area contributed by atoms with E-state index in [0.29, 0.717) is 0 Å². The summed E-state index contributed by atoms with van der Waals surface area (Å²) in [6.07, 6.45) is 0. The molecule has 3 rings (SSSR count). The summed E-state index contributed by atoms with van der Waals surface area (Å²) in [4.78, 5) is 0. The van der Waals surface area contributed by atoms with Crippen molar-refractivity contribution in [1.82, 2.24) is 0 Å². The van der Waals surface area contributed by atoms with Gasteiger partial charge in [-0.05, 0) is 22.9 Å². The Morgan fingerprint density at radius 3 is 2.05 bits per heavy atom. The highest BCUT2D eigenvalue weighted by atomic mass is 28.2. The molecule has 20 heavy (non-hydrogen) atoms. The van der Waals surface area contributed by atoms with E-state index in [-0.39, 0.29) is 0 Å². The molecule has 0 spiro atoms. The summed E-state index contributed by atoms with van der Waals surface area (Å²) >= 11 is 0. The number of hydrogen-bond acceptors (Lipinski definition) is 0. The molecule has 0 aliphatic rings. The number of hydrogen-bond donors (Lipinski definition) is 0. The largest absolute Gasteiger partial charge is 0.139 e. The van der Waals surface area contributed by atoms with Crippen molar-refractivity contribution in [3.05, 3.63) is 90.1 Å². The Bertz CT molecular complexity index is 750. The van der Waals surface area contributed by atoms with E-state index >= 15 is 0 Å². The number of rotatable bonds is 1. The summed E-state index contributed by atoms with van der Waals surface area (Å²) in [5, 5.41) is 1.36. The van der Waals surface area contributed by atoms with Crippen molar-refractivity contribution in [2.75, 3.05) is 0 Å². The average molecular weight is 270 g/mol. The predicted octanol–water partition coefficient (Wildman–Crippen LogP) is 4.24. The SMILES string of the molecule is C(#C[si]1ccccc1-c1ccccc1)c1ccccc1. The summed E-state index contributed by atoms with van der Waals surface area (Å²) in [7, 11) is -0.948. The van der Waals surface area contributed by atoms with Gasteiger partial charge in [0.15, 0.2) is 0 Å². The molecule has 0 amide bonds. The molecule has 1 heterocycles. The molecule has 0 N–H and O–H groups in total. The summed E-state index contributed by atoms with van der Waals surface area (Å²) in [6.45, 7) is 0. The van der Waals surface area contributed by atoms with E-state index in [2.05, 4.69) is 77.8 Å². The van der Waals surface area contributed by atoms with Crippen LogP contribution in [0, 0.1) is 11.5 Å². The molecule has 0 saturated carbocycles. The second kappa shape index (κ2) is 6.14. The fraction of sp³-hybridized carbons (Fsp3) is 0. The highest BCUT2D eigenvalue weighted by molar-refractivity contribution is 6.67. The van der Waals surface area contributed by atoms with Crippen molar-refractivity contribution in [1.29, 1.82) is 0 Å². The van der Waals surface area contributed by atoms with Gasteiger partial charge in [-0.3, -0.25) is 0 Å². The minimum atomic E-state index is -0.948. The topological polar surface area (TPSA) is 0 Å². The molecule has 0 bridgehead atoms. The van der Waals surface area contributed by atoms with Gasteiger partial charge >= 0.3 is 0 Å². The van der Waals surface area contributed by atoms with E-state index in [9.17, 15) is 0 Å². The molecule has 3 aromatic rings. The molecule has 1 heteroatoms. The second-order valence-corrected chi connectivity index (χ2v) is 6.48. The average Bonchev–Trinajstić information content (AvgIpc) is 2.55. The first-order valence-electron chi connectivity index (χ1n) is 6.65. The van der Waals surface area contributed by atoms with Gasteiger partial charge in [-0.25, -0.2) is 0 Å². The molecule has 0 atom stereocenters. The van der Waals surface area contributed by atoms with Gasteiger partial charge in [0.2, 0.25) is 0 Å². The van der Waals surface area contributed by atoms with Crippen LogP contribution in [0.15, 0.2) is 84.5 Å². The third kappa shape index (κ3) is 2.93. The summed E-state index contributed by atoms with van der Waals surface area (Å²) < 4.78 is 0. The molecule has 0 nitrogen and oxygen atoms in total. The van der Waals surface area contributed by atoms with Crippen LogP contribution in [0.2, 0.25) is 0 Å². The lowest BCUT2D eigenvalue weighted by Gasteiger charge is -2.03. The monoisotopic (exact) mass is 270 g/mol. The van der Waals surface area contributed by atoms with Crippen LogP contribution in [0.4, 0.5) is 0 Å². The highest BCUT2D eigenvalue weighted by Gasteiger charge is 2.02. The van der Waals surface area contributed by atoms with Crippen LogP contribution >= 0.6 is 0 Å². The molecule has 0 unspecified atom stereocenters. The third-order valence-electron chi connectivity index (χ3n) is 3.13. The fourth-order valence-electron chi connectivity index (χ4n) is 2.12. The van der Waals surface area contributed by atoms with Crippen molar-refractivity contribution in [2.24, 2.45) is 0 Å². The zero-order chi connectivity index (χ0) is 13.6. The first-order chi connectivity index (χ1) is 9.93. The predicted molar refractivity (Wildman–Crippen MR) is 86.5 cm³/mol. The van der Waals surface area contributed by atoms with Gasteiger partial charge in [0.25, 0.3) is 0 Å². The van der Waals surface area contributed by atoms with Crippen LogP contribution in [-0.4, -0.2) is 8.40 Å². The van der Waals surface area contributed by atoms with Crippen LogP contribution in [0.3, 0.4) is 0 Å². The van der Waals surface area contributed by atoms with Gasteiger partial charge < -0.3 is 0 Å². The normalized spacial score (nSPS) is 9.60. The lowest BCUT2D eigenvalue weighted by molar-refractivity contribution is 1.65. The van der Waals surface area contributed by atoms with E-state index in [1.807, 2.05) is 18.2 Å². The van der Waals surface area contributed by atoms with Crippen LogP contribution in [0.25, 0.3) is 10.7 Å². The molecule has 0 aliphatic heterocycles. The molecular weight excluding hydrogens is 256 g/mol. The van der Waals surface area contributed by atoms with E-state index in [1.165, 1.54) is 10.7 Å². The van der Waals surface area contributed by atoms with E-state index < -0.39 is 8.40 Å². The lowest BCUT2D eigenvalue weighted by atomic mass is 10.2. The molecular formula is C19H14Si. The van der Waals surface area contributed by atoms with Crippen LogP contribution < -0.4 is 0 Å². The molecule has 2 aromatic carbocycles. The Labute approximate surface area is 121 Å². The molecule has 0 radical (unpaired) electrons. The first kappa shape index (κ1) is 12.6. The third-order valence-corrected chi connectivity index (χ3v) is 5.08. The zero-order valence-corrected chi connectivity index (χ0v) is 12.1.